The second-order valence-corrected chi connectivity index (χ2v) is 21.7. The van der Waals surface area contributed by atoms with Crippen molar-refractivity contribution in [2.24, 2.45) is 0 Å². The third-order valence-electron chi connectivity index (χ3n) is 13.2. The number of nitrogens with zero attached hydrogens (tertiary/aromatic N) is 2. The minimum Gasteiger partial charge on any atom is -0.507 e. The molecule has 0 fully saturated rings. The van der Waals surface area contributed by atoms with Gasteiger partial charge in [-0.2, -0.15) is 0 Å². The zero-order valence-electron chi connectivity index (χ0n) is 40.5. The Morgan fingerprint density at radius 3 is 1.82 bits per heavy atom. The average molecular weight is 1090 g/mol. The number of phenols is 1. The number of aromatic nitrogens is 2. The van der Waals surface area contributed by atoms with Gasteiger partial charge in [-0.15, -0.1) is 40.7 Å². The van der Waals surface area contributed by atoms with E-state index in [1.165, 1.54) is 33.4 Å². The standard InChI is InChI=1S/C62H57N2O2S.Pt/c1-36(2)48-32-41(39-21-15-12-16-22-39)33-49(37(3)4)54(48)47-26-25-45(42-29-43(31-44(30-42)61(5,6)7)52-34-40(27-28-63-52)38-19-13-11-14-20-38)56-59(47)67-60(64-56)55-57(65)51(62(8,9)10)35-50-46-23-17-18-24-53(46)66-58(50)55;/h11-28,30-37,65H,1-10H3;/q-1;. The molecule has 7 aromatic carbocycles. The van der Waals surface area contributed by atoms with Crippen LogP contribution in [0.4, 0.5) is 0 Å². The molecule has 4 nitrogen and oxygen atoms in total. The van der Waals surface area contributed by atoms with E-state index in [0.717, 1.165) is 71.2 Å². The topological polar surface area (TPSA) is 59.2 Å². The van der Waals surface area contributed by atoms with Crippen LogP contribution in [0.5, 0.6) is 5.75 Å². The maximum Gasteiger partial charge on any atom is 0.149 e. The number of pyridine rings is 1. The molecule has 0 unspecified atom stereocenters. The van der Waals surface area contributed by atoms with Crippen molar-refractivity contribution in [3.63, 3.8) is 0 Å². The summed E-state index contributed by atoms with van der Waals surface area (Å²) in [6, 6.07) is 53.4. The molecule has 0 saturated carbocycles. The molecule has 0 aliphatic heterocycles. The molecule has 0 saturated heterocycles. The summed E-state index contributed by atoms with van der Waals surface area (Å²) >= 11 is 1.63. The number of thiazole rings is 1. The molecule has 0 aliphatic carbocycles. The molecule has 0 amide bonds. The number of para-hydroxylation sites is 1. The summed E-state index contributed by atoms with van der Waals surface area (Å²) in [5, 5.41) is 15.2. The first-order chi connectivity index (χ1) is 32.0. The monoisotopic (exact) mass is 1090 g/mol. The minimum absolute atomic E-state index is 0. The van der Waals surface area contributed by atoms with E-state index in [1.54, 1.807) is 11.3 Å². The first-order valence-corrected chi connectivity index (χ1v) is 24.3. The third kappa shape index (κ3) is 8.54. The molecule has 3 aromatic heterocycles. The number of phenolic OH excluding ortho intramolecular Hbond substituents is 1. The van der Waals surface area contributed by atoms with Crippen LogP contribution in [-0.2, 0) is 31.9 Å². The molecule has 0 radical (unpaired) electrons. The molecule has 0 aliphatic rings. The van der Waals surface area contributed by atoms with Gasteiger partial charge in [0.1, 0.15) is 21.9 Å². The fraction of sp³-hybridized carbons (Fsp3) is 0.226. The van der Waals surface area contributed by atoms with Gasteiger partial charge in [-0.05, 0) is 79.8 Å². The maximum atomic E-state index is 12.6. The molecule has 6 heteroatoms. The van der Waals surface area contributed by atoms with Crippen molar-refractivity contribution in [2.75, 3.05) is 0 Å². The quantitative estimate of drug-likeness (QED) is 0.154. The third-order valence-corrected chi connectivity index (χ3v) is 14.3. The Balaban J connectivity index is 0.00000578. The van der Waals surface area contributed by atoms with Crippen LogP contribution >= 0.6 is 11.3 Å². The van der Waals surface area contributed by atoms with Gasteiger partial charge in [0, 0.05) is 54.9 Å². The van der Waals surface area contributed by atoms with E-state index < -0.39 is 0 Å². The second-order valence-electron chi connectivity index (χ2n) is 20.7. The number of benzene rings is 7. The minimum atomic E-state index is -0.359. The smallest absolute Gasteiger partial charge is 0.149 e. The molecule has 10 rings (SSSR count). The van der Waals surface area contributed by atoms with Crippen LogP contribution in [0.15, 0.2) is 150 Å². The Morgan fingerprint density at radius 1 is 0.588 bits per heavy atom. The summed E-state index contributed by atoms with van der Waals surface area (Å²) in [5.74, 6) is 0.672. The van der Waals surface area contributed by atoms with Crippen molar-refractivity contribution in [1.29, 1.82) is 0 Å². The van der Waals surface area contributed by atoms with Crippen LogP contribution in [0.2, 0.25) is 0 Å². The van der Waals surface area contributed by atoms with E-state index in [4.69, 9.17) is 14.4 Å². The first kappa shape index (κ1) is 47.0. The number of aromatic hydroxyl groups is 1. The van der Waals surface area contributed by atoms with Gasteiger partial charge in [0.25, 0.3) is 0 Å². The van der Waals surface area contributed by atoms with E-state index in [-0.39, 0.29) is 49.5 Å². The molecular weight excluding hydrogens is 1030 g/mol. The van der Waals surface area contributed by atoms with E-state index in [0.29, 0.717) is 16.2 Å². The largest absolute Gasteiger partial charge is 0.507 e. The Bertz CT molecular complexity index is 3470. The molecule has 0 spiro atoms. The molecule has 0 bridgehead atoms. The summed E-state index contributed by atoms with van der Waals surface area (Å²) in [4.78, 5) is 10.6. The van der Waals surface area contributed by atoms with Gasteiger partial charge < -0.3 is 9.52 Å². The molecule has 10 aromatic rings. The summed E-state index contributed by atoms with van der Waals surface area (Å²) in [6.45, 7) is 22.4. The summed E-state index contributed by atoms with van der Waals surface area (Å²) in [5.41, 5.74) is 17.7. The van der Waals surface area contributed by atoms with Gasteiger partial charge >= 0.3 is 0 Å². The van der Waals surface area contributed by atoms with Gasteiger partial charge in [-0.25, -0.2) is 4.98 Å². The predicted molar refractivity (Wildman–Crippen MR) is 283 cm³/mol. The van der Waals surface area contributed by atoms with Crippen LogP contribution in [-0.4, -0.2) is 15.1 Å². The maximum absolute atomic E-state index is 12.6. The van der Waals surface area contributed by atoms with Crippen LogP contribution in [0.1, 0.15) is 103 Å². The second kappa shape index (κ2) is 18.1. The Kier molecular flexibility index (Phi) is 12.5. The van der Waals surface area contributed by atoms with E-state index in [1.807, 2.05) is 30.5 Å². The van der Waals surface area contributed by atoms with Crippen LogP contribution < -0.4 is 0 Å². The zero-order chi connectivity index (χ0) is 46.9. The fourth-order valence-corrected chi connectivity index (χ4v) is 10.7. The summed E-state index contributed by atoms with van der Waals surface area (Å²) < 4.78 is 7.77. The molecule has 0 atom stereocenters. The van der Waals surface area contributed by atoms with E-state index in [2.05, 4.69) is 191 Å². The number of furan rings is 1. The van der Waals surface area contributed by atoms with Crippen molar-refractivity contribution in [1.82, 2.24) is 9.97 Å². The number of hydrogen-bond donors (Lipinski definition) is 1. The van der Waals surface area contributed by atoms with Crippen LogP contribution in [0.3, 0.4) is 0 Å². The van der Waals surface area contributed by atoms with Gasteiger partial charge in [-0.1, -0.05) is 190 Å². The van der Waals surface area contributed by atoms with Gasteiger partial charge in [0.2, 0.25) is 0 Å². The number of rotatable bonds is 8. The van der Waals surface area contributed by atoms with Gasteiger partial charge in [0.05, 0.1) is 15.8 Å². The van der Waals surface area contributed by atoms with Gasteiger partial charge in [0.15, 0.2) is 0 Å². The van der Waals surface area contributed by atoms with Crippen molar-refractivity contribution < 1.29 is 30.6 Å². The van der Waals surface area contributed by atoms with Gasteiger partial charge in [-0.3, -0.25) is 4.98 Å². The first-order valence-electron chi connectivity index (χ1n) is 23.5. The fourth-order valence-electron chi connectivity index (χ4n) is 9.53. The number of fused-ring (bicyclic) bond motifs is 4. The molecule has 3 heterocycles. The van der Waals surface area contributed by atoms with Crippen molar-refractivity contribution in [2.45, 2.75) is 91.9 Å². The van der Waals surface area contributed by atoms with Crippen molar-refractivity contribution in [3.05, 3.63) is 174 Å². The Labute approximate surface area is 419 Å². The SMILES string of the molecule is CC(C)c1cc(-c2ccccc2)cc(C(C)C)c1-c1ccc(-c2[c-]c(-c3cc(-c4ccccc4)ccn3)cc(C(C)(C)C)c2)c2nc(-c3c(O)c(C(C)(C)C)cc4c3oc3ccccc34)sc12.[Pt]. The molecule has 344 valence electrons. The molecular formula is C62H57N2O2PtS-. The predicted octanol–water partition coefficient (Wildman–Crippen LogP) is 17.9. The summed E-state index contributed by atoms with van der Waals surface area (Å²) in [6.07, 6.45) is 1.90. The van der Waals surface area contributed by atoms with Crippen LogP contribution in [0.25, 0.3) is 98.5 Å². The summed E-state index contributed by atoms with van der Waals surface area (Å²) in [7, 11) is 0. The van der Waals surface area contributed by atoms with E-state index >= 15 is 0 Å². The molecule has 68 heavy (non-hydrogen) atoms. The zero-order valence-corrected chi connectivity index (χ0v) is 43.6. The van der Waals surface area contributed by atoms with Crippen molar-refractivity contribution >= 4 is 43.5 Å². The molecule has 1 N–H and O–H groups in total. The average Bonchev–Trinajstić information content (AvgIpc) is 3.92. The van der Waals surface area contributed by atoms with Crippen molar-refractivity contribution in [3.8, 4) is 72.1 Å². The van der Waals surface area contributed by atoms with E-state index in [9.17, 15) is 5.11 Å². The van der Waals surface area contributed by atoms with Crippen LogP contribution in [0, 0.1) is 6.07 Å². The normalized spacial score (nSPS) is 12.2. The number of hydrogen-bond acceptors (Lipinski definition) is 5. The Morgan fingerprint density at radius 2 is 1.19 bits per heavy atom. The Hall–Kier alpha value is -6.13.